The lowest BCUT2D eigenvalue weighted by atomic mass is 10.1. The monoisotopic (exact) mass is 142 g/mol. The Bertz CT molecular complexity index is 114. The van der Waals surface area contributed by atoms with E-state index in [1.165, 1.54) is 0 Å². The summed E-state index contributed by atoms with van der Waals surface area (Å²) in [7, 11) is 0. The van der Waals surface area contributed by atoms with Crippen LogP contribution in [0.5, 0.6) is 0 Å². The van der Waals surface area contributed by atoms with Crippen LogP contribution in [0.25, 0.3) is 0 Å². The Kier molecular flexibility index (Phi) is 2.90. The molecule has 0 bridgehead atoms. The largest absolute Gasteiger partial charge is 0.392 e. The van der Waals surface area contributed by atoms with E-state index in [1.807, 2.05) is 0 Å². The minimum absolute atomic E-state index is 0.0971. The van der Waals surface area contributed by atoms with Crippen LogP contribution in [0.3, 0.4) is 0 Å². The highest BCUT2D eigenvalue weighted by Crippen LogP contribution is 2.18. The first-order chi connectivity index (χ1) is 4.83. The summed E-state index contributed by atoms with van der Waals surface area (Å²) in [4.78, 5) is 0. The summed E-state index contributed by atoms with van der Waals surface area (Å²) in [5.74, 6) is 0. The van der Waals surface area contributed by atoms with Crippen molar-refractivity contribution in [1.29, 1.82) is 0 Å². The molecule has 1 aliphatic heterocycles. The summed E-state index contributed by atoms with van der Waals surface area (Å²) < 4.78 is 5.35. The Morgan fingerprint density at radius 2 is 2.50 bits per heavy atom. The summed E-state index contributed by atoms with van der Waals surface area (Å²) in [5, 5.41) is 8.64. The van der Waals surface area contributed by atoms with E-state index in [2.05, 4.69) is 6.58 Å². The Balaban J connectivity index is 2.17. The zero-order chi connectivity index (χ0) is 7.40. The maximum absolute atomic E-state index is 8.64. The topological polar surface area (TPSA) is 29.5 Å². The van der Waals surface area contributed by atoms with E-state index in [0.717, 1.165) is 31.4 Å². The van der Waals surface area contributed by atoms with E-state index in [0.29, 0.717) is 6.10 Å². The zero-order valence-electron chi connectivity index (χ0n) is 6.18. The van der Waals surface area contributed by atoms with Gasteiger partial charge in [0.25, 0.3) is 0 Å². The van der Waals surface area contributed by atoms with E-state index in [1.54, 1.807) is 0 Å². The molecule has 1 atom stereocenters. The highest BCUT2D eigenvalue weighted by molar-refractivity contribution is 4.96. The van der Waals surface area contributed by atoms with Gasteiger partial charge in [-0.2, -0.15) is 0 Å². The van der Waals surface area contributed by atoms with Crippen LogP contribution in [0.2, 0.25) is 0 Å². The zero-order valence-corrected chi connectivity index (χ0v) is 6.18. The van der Waals surface area contributed by atoms with Crippen molar-refractivity contribution in [3.8, 4) is 0 Å². The lowest BCUT2D eigenvalue weighted by Crippen LogP contribution is -2.06. The van der Waals surface area contributed by atoms with Crippen LogP contribution in [0, 0.1) is 0 Å². The van der Waals surface area contributed by atoms with Crippen molar-refractivity contribution < 1.29 is 9.84 Å². The average molecular weight is 142 g/mol. The second-order valence-corrected chi connectivity index (χ2v) is 2.75. The number of hydrogen-bond acceptors (Lipinski definition) is 2. The molecule has 1 rings (SSSR count). The number of aliphatic hydroxyl groups is 1. The van der Waals surface area contributed by atoms with Crippen molar-refractivity contribution in [3.05, 3.63) is 12.2 Å². The molecule has 2 nitrogen and oxygen atoms in total. The van der Waals surface area contributed by atoms with Crippen molar-refractivity contribution in [3.63, 3.8) is 0 Å². The molecule has 0 aliphatic carbocycles. The summed E-state index contributed by atoms with van der Waals surface area (Å²) in [6, 6.07) is 0. The molecule has 1 saturated heterocycles. The molecule has 0 aromatic rings. The van der Waals surface area contributed by atoms with Gasteiger partial charge in [-0.05, 0) is 24.8 Å². The average Bonchev–Trinajstić information content (AvgIpc) is 2.40. The molecule has 1 N–H and O–H groups in total. The highest BCUT2D eigenvalue weighted by Gasteiger charge is 2.15. The third-order valence-electron chi connectivity index (χ3n) is 1.76. The second-order valence-electron chi connectivity index (χ2n) is 2.75. The molecule has 10 heavy (non-hydrogen) atoms. The van der Waals surface area contributed by atoms with Gasteiger partial charge in [-0.3, -0.25) is 0 Å². The van der Waals surface area contributed by atoms with Crippen molar-refractivity contribution in [2.75, 3.05) is 13.2 Å². The van der Waals surface area contributed by atoms with Crippen LogP contribution in [-0.4, -0.2) is 24.4 Å². The van der Waals surface area contributed by atoms with Gasteiger partial charge in [0.2, 0.25) is 0 Å². The highest BCUT2D eigenvalue weighted by atomic mass is 16.5. The third-order valence-corrected chi connectivity index (χ3v) is 1.76. The standard InChI is InChI=1S/C8H14O2/c1-7(6-9)5-8-3-2-4-10-8/h8-9H,1-6H2. The fraction of sp³-hybridized carbons (Fsp3) is 0.750. The first kappa shape index (κ1) is 7.76. The Labute approximate surface area is 61.5 Å². The van der Waals surface area contributed by atoms with Gasteiger partial charge >= 0.3 is 0 Å². The van der Waals surface area contributed by atoms with E-state index < -0.39 is 0 Å². The third kappa shape index (κ3) is 2.12. The van der Waals surface area contributed by atoms with Crippen LogP contribution < -0.4 is 0 Å². The van der Waals surface area contributed by atoms with Crippen molar-refractivity contribution in [1.82, 2.24) is 0 Å². The minimum Gasteiger partial charge on any atom is -0.392 e. The molecule has 0 spiro atoms. The van der Waals surface area contributed by atoms with Crippen LogP contribution in [0.1, 0.15) is 19.3 Å². The van der Waals surface area contributed by atoms with Crippen molar-refractivity contribution in [2.24, 2.45) is 0 Å². The summed E-state index contributed by atoms with van der Waals surface area (Å²) in [5.41, 5.74) is 0.881. The van der Waals surface area contributed by atoms with Gasteiger partial charge in [0.1, 0.15) is 0 Å². The predicted molar refractivity (Wildman–Crippen MR) is 39.8 cm³/mol. The minimum atomic E-state index is 0.0971. The molecular weight excluding hydrogens is 128 g/mol. The normalized spacial score (nSPS) is 25.1. The van der Waals surface area contributed by atoms with Crippen LogP contribution in [0.15, 0.2) is 12.2 Å². The number of ether oxygens (including phenoxy) is 1. The first-order valence-corrected chi connectivity index (χ1v) is 3.72. The Hall–Kier alpha value is -0.340. The number of rotatable bonds is 3. The summed E-state index contributed by atoms with van der Waals surface area (Å²) in [6.07, 6.45) is 3.44. The molecular formula is C8H14O2. The fourth-order valence-electron chi connectivity index (χ4n) is 1.19. The van der Waals surface area contributed by atoms with E-state index in [-0.39, 0.29) is 6.61 Å². The van der Waals surface area contributed by atoms with Crippen molar-refractivity contribution >= 4 is 0 Å². The van der Waals surface area contributed by atoms with Gasteiger partial charge < -0.3 is 9.84 Å². The molecule has 58 valence electrons. The molecule has 1 aliphatic rings. The molecule has 0 aromatic heterocycles. The molecule has 1 heterocycles. The maximum atomic E-state index is 8.64. The first-order valence-electron chi connectivity index (χ1n) is 3.72. The Morgan fingerprint density at radius 3 is 3.00 bits per heavy atom. The van der Waals surface area contributed by atoms with Crippen LogP contribution in [0.4, 0.5) is 0 Å². The van der Waals surface area contributed by atoms with Gasteiger partial charge in [-0.1, -0.05) is 6.58 Å². The number of hydrogen-bond donors (Lipinski definition) is 1. The molecule has 0 aromatic carbocycles. The smallest absolute Gasteiger partial charge is 0.0640 e. The molecule has 0 radical (unpaired) electrons. The molecule has 1 fully saturated rings. The summed E-state index contributed by atoms with van der Waals surface area (Å²) >= 11 is 0. The van der Waals surface area contributed by atoms with Gasteiger partial charge in [-0.25, -0.2) is 0 Å². The quantitative estimate of drug-likeness (QED) is 0.598. The van der Waals surface area contributed by atoms with Crippen molar-refractivity contribution in [2.45, 2.75) is 25.4 Å². The maximum Gasteiger partial charge on any atom is 0.0640 e. The molecule has 0 amide bonds. The number of aliphatic hydroxyl groups excluding tert-OH is 1. The van der Waals surface area contributed by atoms with Gasteiger partial charge in [0, 0.05) is 6.61 Å². The van der Waals surface area contributed by atoms with Crippen LogP contribution >= 0.6 is 0 Å². The molecule has 2 heteroatoms. The van der Waals surface area contributed by atoms with E-state index in [4.69, 9.17) is 9.84 Å². The SMILES string of the molecule is C=C(CO)CC1CCCO1. The van der Waals surface area contributed by atoms with E-state index >= 15 is 0 Å². The lowest BCUT2D eigenvalue weighted by molar-refractivity contribution is 0.109. The fourth-order valence-corrected chi connectivity index (χ4v) is 1.19. The molecule has 1 unspecified atom stereocenters. The second kappa shape index (κ2) is 3.74. The lowest BCUT2D eigenvalue weighted by Gasteiger charge is -2.08. The van der Waals surface area contributed by atoms with Gasteiger partial charge in [0.05, 0.1) is 12.7 Å². The Morgan fingerprint density at radius 1 is 1.70 bits per heavy atom. The predicted octanol–water partition coefficient (Wildman–Crippen LogP) is 1.10. The summed E-state index contributed by atoms with van der Waals surface area (Å²) in [6.45, 7) is 4.68. The van der Waals surface area contributed by atoms with Crippen LogP contribution in [-0.2, 0) is 4.74 Å². The molecule has 0 saturated carbocycles. The van der Waals surface area contributed by atoms with E-state index in [9.17, 15) is 0 Å². The van der Waals surface area contributed by atoms with Gasteiger partial charge in [-0.15, -0.1) is 0 Å². The van der Waals surface area contributed by atoms with Gasteiger partial charge in [0.15, 0.2) is 0 Å².